The predicted molar refractivity (Wildman–Crippen MR) is 76.0 cm³/mol. The smallest absolute Gasteiger partial charge is 0.160 e. The second-order valence-corrected chi connectivity index (χ2v) is 5.47. The van der Waals surface area contributed by atoms with E-state index >= 15 is 0 Å². The van der Waals surface area contributed by atoms with Gasteiger partial charge in [-0.15, -0.1) is 0 Å². The first-order valence-electron chi connectivity index (χ1n) is 7.38. The van der Waals surface area contributed by atoms with E-state index in [1.165, 1.54) is 12.8 Å². The lowest BCUT2D eigenvalue weighted by atomic mass is 9.87. The quantitative estimate of drug-likeness (QED) is 0.789. The number of nitrogens with zero attached hydrogens (tertiary/aromatic N) is 3. The van der Waals surface area contributed by atoms with E-state index in [1.54, 1.807) is 6.20 Å². The number of ketones is 1. The highest BCUT2D eigenvalue weighted by molar-refractivity contribution is 5.90. The summed E-state index contributed by atoms with van der Waals surface area (Å²) in [6.07, 6.45) is 8.49. The average molecular weight is 263 g/mol. The Bertz CT molecular complexity index is 428. The molecule has 4 heteroatoms. The molecule has 0 aromatic carbocycles. The highest BCUT2D eigenvalue weighted by Crippen LogP contribution is 2.36. The van der Waals surface area contributed by atoms with E-state index in [1.807, 2.05) is 17.8 Å². The molecule has 0 radical (unpaired) electrons. The Kier molecular flexibility index (Phi) is 4.40. The zero-order chi connectivity index (χ0) is 13.9. The van der Waals surface area contributed by atoms with Crippen LogP contribution in [0.3, 0.4) is 0 Å². The van der Waals surface area contributed by atoms with Gasteiger partial charge in [0.2, 0.25) is 0 Å². The minimum atomic E-state index is -0.227. The van der Waals surface area contributed by atoms with E-state index in [2.05, 4.69) is 23.7 Å². The summed E-state index contributed by atoms with van der Waals surface area (Å²) >= 11 is 0. The van der Waals surface area contributed by atoms with Crippen molar-refractivity contribution in [1.29, 1.82) is 0 Å². The van der Waals surface area contributed by atoms with E-state index in [4.69, 9.17) is 0 Å². The van der Waals surface area contributed by atoms with Crippen LogP contribution in [-0.4, -0.2) is 38.9 Å². The highest BCUT2D eigenvalue weighted by Gasteiger charge is 2.44. The topological polar surface area (TPSA) is 38.1 Å². The van der Waals surface area contributed by atoms with E-state index in [9.17, 15) is 4.79 Å². The number of likely N-dealkylation sites (N-methyl/N-ethyl adjacent to an activating group) is 1. The molecule has 1 fully saturated rings. The van der Waals surface area contributed by atoms with Gasteiger partial charge in [-0.2, -0.15) is 0 Å². The Hall–Kier alpha value is -1.16. The number of hydrogen-bond acceptors (Lipinski definition) is 3. The zero-order valence-electron chi connectivity index (χ0n) is 12.4. The summed E-state index contributed by atoms with van der Waals surface area (Å²) in [6, 6.07) is 0. The standard InChI is InChI=1S/C15H25N3O/c1-4-18(5-2)15(8-6-7-9-15)13(19)12-14-16-10-11-17(14)3/h10-11H,4-9,12H2,1-3H3. The summed E-state index contributed by atoms with van der Waals surface area (Å²) in [7, 11) is 1.95. The molecule has 0 atom stereocenters. The minimum absolute atomic E-state index is 0.227. The molecule has 1 heterocycles. The van der Waals surface area contributed by atoms with Crippen LogP contribution in [0.25, 0.3) is 0 Å². The van der Waals surface area contributed by atoms with Crippen LogP contribution < -0.4 is 0 Å². The monoisotopic (exact) mass is 263 g/mol. The molecule has 0 bridgehead atoms. The average Bonchev–Trinajstić information content (AvgIpc) is 3.02. The van der Waals surface area contributed by atoms with E-state index in [0.717, 1.165) is 31.8 Å². The normalized spacial score (nSPS) is 18.1. The maximum absolute atomic E-state index is 12.9. The highest BCUT2D eigenvalue weighted by atomic mass is 16.1. The molecule has 1 aliphatic rings. The number of carbonyl (C=O) groups excluding carboxylic acids is 1. The molecule has 0 spiro atoms. The fourth-order valence-electron chi connectivity index (χ4n) is 3.44. The van der Waals surface area contributed by atoms with Crippen LogP contribution in [-0.2, 0) is 18.3 Å². The van der Waals surface area contributed by atoms with Gasteiger partial charge in [-0.1, -0.05) is 26.7 Å². The largest absolute Gasteiger partial charge is 0.338 e. The molecule has 4 nitrogen and oxygen atoms in total. The van der Waals surface area contributed by atoms with Gasteiger partial charge in [-0.05, 0) is 25.9 Å². The van der Waals surface area contributed by atoms with Crippen LogP contribution in [0, 0.1) is 0 Å². The van der Waals surface area contributed by atoms with Gasteiger partial charge in [0.05, 0.1) is 12.0 Å². The summed E-state index contributed by atoms with van der Waals surface area (Å²) in [5, 5.41) is 0. The van der Waals surface area contributed by atoms with Crippen molar-refractivity contribution in [3.63, 3.8) is 0 Å². The molecule has 2 rings (SSSR count). The van der Waals surface area contributed by atoms with Crippen LogP contribution in [0.15, 0.2) is 12.4 Å². The molecule has 0 amide bonds. The lowest BCUT2D eigenvalue weighted by Crippen LogP contribution is -2.53. The predicted octanol–water partition coefficient (Wildman–Crippen LogP) is 2.19. The van der Waals surface area contributed by atoms with Crippen molar-refractivity contribution in [3.05, 3.63) is 18.2 Å². The molecular weight excluding hydrogens is 238 g/mol. The zero-order valence-corrected chi connectivity index (χ0v) is 12.4. The van der Waals surface area contributed by atoms with Crippen molar-refractivity contribution in [2.24, 2.45) is 7.05 Å². The molecule has 106 valence electrons. The minimum Gasteiger partial charge on any atom is -0.338 e. The van der Waals surface area contributed by atoms with Gasteiger partial charge in [0, 0.05) is 19.4 Å². The molecule has 1 saturated carbocycles. The SMILES string of the molecule is CCN(CC)C1(C(=O)Cc2nccn2C)CCCC1. The Morgan fingerprint density at radius 1 is 1.37 bits per heavy atom. The Balaban J connectivity index is 2.19. The number of Topliss-reactive ketones (excluding diaryl/α,β-unsaturated/α-hetero) is 1. The van der Waals surface area contributed by atoms with E-state index in [-0.39, 0.29) is 5.54 Å². The first-order valence-corrected chi connectivity index (χ1v) is 7.38. The lowest BCUT2D eigenvalue weighted by molar-refractivity contribution is -0.130. The fourth-order valence-corrected chi connectivity index (χ4v) is 3.44. The molecule has 0 aliphatic heterocycles. The van der Waals surface area contributed by atoms with Crippen LogP contribution >= 0.6 is 0 Å². The van der Waals surface area contributed by atoms with Crippen molar-refractivity contribution in [1.82, 2.24) is 14.5 Å². The van der Waals surface area contributed by atoms with Crippen molar-refractivity contribution < 1.29 is 4.79 Å². The van der Waals surface area contributed by atoms with Crippen molar-refractivity contribution >= 4 is 5.78 Å². The maximum atomic E-state index is 12.9. The molecule has 0 saturated heterocycles. The molecule has 1 aliphatic carbocycles. The third-order valence-corrected chi connectivity index (χ3v) is 4.56. The number of rotatable bonds is 6. The first-order chi connectivity index (χ1) is 9.14. The number of imidazole rings is 1. The first kappa shape index (κ1) is 14.3. The van der Waals surface area contributed by atoms with Crippen molar-refractivity contribution in [3.8, 4) is 0 Å². The summed E-state index contributed by atoms with van der Waals surface area (Å²) in [4.78, 5) is 19.5. The Morgan fingerprint density at radius 2 is 2.00 bits per heavy atom. The molecule has 0 unspecified atom stereocenters. The van der Waals surface area contributed by atoms with E-state index < -0.39 is 0 Å². The maximum Gasteiger partial charge on any atom is 0.160 e. The van der Waals surface area contributed by atoms with Gasteiger partial charge >= 0.3 is 0 Å². The number of aryl methyl sites for hydroxylation is 1. The number of carbonyl (C=O) groups is 1. The van der Waals surface area contributed by atoms with E-state index in [0.29, 0.717) is 12.2 Å². The van der Waals surface area contributed by atoms with Gasteiger partial charge in [0.1, 0.15) is 5.82 Å². The summed E-state index contributed by atoms with van der Waals surface area (Å²) < 4.78 is 1.95. The van der Waals surface area contributed by atoms with Crippen molar-refractivity contribution in [2.45, 2.75) is 51.5 Å². The van der Waals surface area contributed by atoms with Gasteiger partial charge in [-0.25, -0.2) is 4.98 Å². The Labute approximate surface area is 115 Å². The molecule has 0 N–H and O–H groups in total. The van der Waals surface area contributed by atoms with Gasteiger partial charge < -0.3 is 4.57 Å². The van der Waals surface area contributed by atoms with Crippen LogP contribution in [0.5, 0.6) is 0 Å². The summed E-state index contributed by atoms with van der Waals surface area (Å²) in [5.41, 5.74) is -0.227. The second kappa shape index (κ2) is 5.87. The Morgan fingerprint density at radius 3 is 2.47 bits per heavy atom. The van der Waals surface area contributed by atoms with Gasteiger partial charge in [-0.3, -0.25) is 9.69 Å². The van der Waals surface area contributed by atoms with Crippen LogP contribution in [0.4, 0.5) is 0 Å². The molecular formula is C15H25N3O. The molecule has 19 heavy (non-hydrogen) atoms. The van der Waals surface area contributed by atoms with Crippen molar-refractivity contribution in [2.75, 3.05) is 13.1 Å². The fraction of sp³-hybridized carbons (Fsp3) is 0.733. The van der Waals surface area contributed by atoms with Crippen LogP contribution in [0.1, 0.15) is 45.4 Å². The third kappa shape index (κ3) is 2.59. The van der Waals surface area contributed by atoms with Crippen LogP contribution in [0.2, 0.25) is 0 Å². The van der Waals surface area contributed by atoms with Gasteiger partial charge in [0.15, 0.2) is 5.78 Å². The summed E-state index contributed by atoms with van der Waals surface area (Å²) in [6.45, 7) is 6.20. The summed E-state index contributed by atoms with van der Waals surface area (Å²) in [5.74, 6) is 1.23. The number of aromatic nitrogens is 2. The lowest BCUT2D eigenvalue weighted by Gasteiger charge is -2.39. The molecule has 1 aromatic heterocycles. The van der Waals surface area contributed by atoms with Gasteiger partial charge in [0.25, 0.3) is 0 Å². The third-order valence-electron chi connectivity index (χ3n) is 4.56. The molecule has 1 aromatic rings. The second-order valence-electron chi connectivity index (χ2n) is 5.47. The number of hydrogen-bond donors (Lipinski definition) is 0.